The summed E-state index contributed by atoms with van der Waals surface area (Å²) in [5.74, 6) is 0. The monoisotopic (exact) mass is 406 g/mol. The first-order valence-electron chi connectivity index (χ1n) is 7.35. The van der Waals surface area contributed by atoms with Gasteiger partial charge in [0.05, 0.1) is 18.9 Å². The molecule has 3 rings (SSSR count). The summed E-state index contributed by atoms with van der Waals surface area (Å²) < 4.78 is 6.17. The minimum absolute atomic E-state index is 0.0209. The van der Waals surface area contributed by atoms with Gasteiger partial charge < -0.3 is 14.6 Å². The van der Waals surface area contributed by atoms with Crippen molar-refractivity contribution in [3.05, 3.63) is 38.6 Å². The number of ether oxygens (including phenoxy) is 1. The number of anilines is 1. The van der Waals surface area contributed by atoms with Gasteiger partial charge in [0, 0.05) is 28.8 Å². The largest absolute Gasteiger partial charge is 0.378 e. The van der Waals surface area contributed by atoms with Gasteiger partial charge in [0.15, 0.2) is 5.16 Å². The van der Waals surface area contributed by atoms with Crippen LogP contribution in [0.2, 0.25) is 0 Å². The molecule has 124 valence electrons. The Balaban J connectivity index is 2.06. The fourth-order valence-corrected chi connectivity index (χ4v) is 3.49. The van der Waals surface area contributed by atoms with Crippen molar-refractivity contribution in [1.29, 1.82) is 5.26 Å². The van der Waals surface area contributed by atoms with Crippen molar-refractivity contribution in [2.45, 2.75) is 5.16 Å². The molecule has 6 nitrogen and oxygen atoms in total. The van der Waals surface area contributed by atoms with Gasteiger partial charge in [-0.15, -0.1) is 0 Å². The maximum atomic E-state index is 12.1. The number of halogens is 1. The first kappa shape index (κ1) is 17.0. The molecule has 1 saturated heterocycles. The Morgan fingerprint density at radius 3 is 2.79 bits per heavy atom. The molecule has 0 spiro atoms. The van der Waals surface area contributed by atoms with Crippen molar-refractivity contribution in [1.82, 2.24) is 9.97 Å². The molecule has 0 saturated carbocycles. The van der Waals surface area contributed by atoms with Crippen molar-refractivity contribution >= 4 is 33.4 Å². The number of hydrogen-bond donors (Lipinski definition) is 1. The Kier molecular flexibility index (Phi) is 5.23. The predicted octanol–water partition coefficient (Wildman–Crippen LogP) is 2.63. The van der Waals surface area contributed by atoms with Crippen LogP contribution in [0, 0.1) is 11.3 Å². The third-order valence-electron chi connectivity index (χ3n) is 3.79. The second-order valence-electron chi connectivity index (χ2n) is 5.17. The van der Waals surface area contributed by atoms with Crippen molar-refractivity contribution in [3.8, 4) is 17.3 Å². The van der Waals surface area contributed by atoms with E-state index in [-0.39, 0.29) is 5.56 Å². The van der Waals surface area contributed by atoms with Gasteiger partial charge in [0.25, 0.3) is 5.56 Å². The molecule has 0 aliphatic carbocycles. The van der Waals surface area contributed by atoms with Gasteiger partial charge >= 0.3 is 0 Å². The zero-order valence-corrected chi connectivity index (χ0v) is 15.4. The molecule has 0 atom stereocenters. The number of thioether (sulfide) groups is 1. The van der Waals surface area contributed by atoms with Crippen LogP contribution in [0.5, 0.6) is 0 Å². The van der Waals surface area contributed by atoms with E-state index >= 15 is 0 Å². The van der Waals surface area contributed by atoms with Crippen LogP contribution in [0.3, 0.4) is 0 Å². The quantitative estimate of drug-likeness (QED) is 0.622. The molecular weight excluding hydrogens is 392 g/mol. The SMILES string of the molecule is CSc1nc(-c2ccc(N3CCOCC3)cc2Br)c(C#N)c(=O)[nH]1. The molecule has 8 heteroatoms. The summed E-state index contributed by atoms with van der Waals surface area (Å²) in [5, 5.41) is 9.80. The highest BCUT2D eigenvalue weighted by atomic mass is 79.9. The lowest BCUT2D eigenvalue weighted by Crippen LogP contribution is -2.36. The van der Waals surface area contributed by atoms with Crippen LogP contribution in [-0.4, -0.2) is 42.5 Å². The van der Waals surface area contributed by atoms with Crippen molar-refractivity contribution in [3.63, 3.8) is 0 Å². The molecular formula is C16H15BrN4O2S. The Hall–Kier alpha value is -1.82. The first-order valence-corrected chi connectivity index (χ1v) is 9.37. The number of morpholine rings is 1. The van der Waals surface area contributed by atoms with Gasteiger partial charge in [-0.1, -0.05) is 27.7 Å². The van der Waals surface area contributed by atoms with E-state index in [1.54, 1.807) is 0 Å². The van der Waals surface area contributed by atoms with Crippen LogP contribution in [0.4, 0.5) is 5.69 Å². The molecule has 0 bridgehead atoms. The minimum atomic E-state index is -0.420. The molecule has 0 unspecified atom stereocenters. The fourth-order valence-electron chi connectivity index (χ4n) is 2.56. The smallest absolute Gasteiger partial charge is 0.270 e. The molecule has 1 N–H and O–H groups in total. The number of nitrogens with zero attached hydrogens (tertiary/aromatic N) is 3. The second-order valence-corrected chi connectivity index (χ2v) is 6.82. The topological polar surface area (TPSA) is 82.0 Å². The summed E-state index contributed by atoms with van der Waals surface area (Å²) in [5.41, 5.74) is 1.79. The third-order valence-corrected chi connectivity index (χ3v) is 5.02. The molecule has 1 fully saturated rings. The Morgan fingerprint density at radius 2 is 2.17 bits per heavy atom. The van der Waals surface area contributed by atoms with Crippen molar-refractivity contribution in [2.75, 3.05) is 37.5 Å². The predicted molar refractivity (Wildman–Crippen MR) is 97.5 cm³/mol. The van der Waals surface area contributed by atoms with E-state index < -0.39 is 5.56 Å². The minimum Gasteiger partial charge on any atom is -0.378 e. The van der Waals surface area contributed by atoms with E-state index in [1.165, 1.54) is 11.8 Å². The van der Waals surface area contributed by atoms with Crippen LogP contribution in [0.1, 0.15) is 5.56 Å². The van der Waals surface area contributed by atoms with E-state index in [4.69, 9.17) is 4.74 Å². The van der Waals surface area contributed by atoms with Gasteiger partial charge in [0.1, 0.15) is 11.6 Å². The maximum absolute atomic E-state index is 12.1. The number of hydrogen-bond acceptors (Lipinski definition) is 6. The van der Waals surface area contributed by atoms with Gasteiger partial charge in [-0.05, 0) is 24.5 Å². The maximum Gasteiger partial charge on any atom is 0.270 e. The lowest BCUT2D eigenvalue weighted by molar-refractivity contribution is 0.122. The van der Waals surface area contributed by atoms with Crippen LogP contribution in [-0.2, 0) is 4.74 Å². The van der Waals surface area contributed by atoms with Crippen molar-refractivity contribution < 1.29 is 4.74 Å². The molecule has 0 amide bonds. The summed E-state index contributed by atoms with van der Waals surface area (Å²) >= 11 is 4.89. The lowest BCUT2D eigenvalue weighted by Gasteiger charge is -2.29. The van der Waals surface area contributed by atoms with Gasteiger partial charge in [-0.3, -0.25) is 4.79 Å². The fraction of sp³-hybridized carbons (Fsp3) is 0.312. The van der Waals surface area contributed by atoms with Gasteiger partial charge in [0.2, 0.25) is 0 Å². The lowest BCUT2D eigenvalue weighted by atomic mass is 10.1. The van der Waals surface area contributed by atoms with E-state index in [1.807, 2.05) is 30.5 Å². The zero-order chi connectivity index (χ0) is 17.1. The Morgan fingerprint density at radius 1 is 1.42 bits per heavy atom. The average Bonchev–Trinajstić information content (AvgIpc) is 2.61. The number of nitriles is 1. The molecule has 1 aromatic carbocycles. The van der Waals surface area contributed by atoms with Crippen molar-refractivity contribution in [2.24, 2.45) is 0 Å². The summed E-state index contributed by atoms with van der Waals surface area (Å²) in [6.45, 7) is 3.11. The number of aromatic nitrogens is 2. The highest BCUT2D eigenvalue weighted by molar-refractivity contribution is 9.10. The summed E-state index contributed by atoms with van der Waals surface area (Å²) in [6, 6.07) is 7.82. The van der Waals surface area contributed by atoms with Gasteiger partial charge in [-0.25, -0.2) is 4.98 Å². The molecule has 2 aromatic rings. The van der Waals surface area contributed by atoms with Gasteiger partial charge in [-0.2, -0.15) is 5.26 Å². The summed E-state index contributed by atoms with van der Waals surface area (Å²) in [7, 11) is 0. The zero-order valence-electron chi connectivity index (χ0n) is 13.0. The average molecular weight is 407 g/mol. The second kappa shape index (κ2) is 7.38. The number of rotatable bonds is 3. The first-order chi connectivity index (χ1) is 11.6. The summed E-state index contributed by atoms with van der Waals surface area (Å²) in [4.78, 5) is 21.3. The van der Waals surface area contributed by atoms with Crippen LogP contribution >= 0.6 is 27.7 Å². The molecule has 2 heterocycles. The molecule has 0 radical (unpaired) electrons. The normalized spacial score (nSPS) is 14.5. The van der Waals surface area contributed by atoms with E-state index in [2.05, 4.69) is 30.8 Å². The molecule has 24 heavy (non-hydrogen) atoms. The number of benzene rings is 1. The number of aromatic amines is 1. The Bertz CT molecular complexity index is 856. The highest BCUT2D eigenvalue weighted by Gasteiger charge is 2.17. The number of nitrogens with one attached hydrogen (secondary N) is 1. The molecule has 1 aliphatic rings. The van der Waals surface area contributed by atoms with E-state index in [9.17, 15) is 10.1 Å². The molecule has 1 aliphatic heterocycles. The van der Waals surface area contributed by atoms with Crippen LogP contribution in [0.15, 0.2) is 32.6 Å². The number of H-pyrrole nitrogens is 1. The molecule has 1 aromatic heterocycles. The Labute approximate surface area is 152 Å². The van der Waals surface area contributed by atoms with E-state index in [0.717, 1.165) is 28.8 Å². The van der Waals surface area contributed by atoms with Crippen LogP contribution < -0.4 is 10.5 Å². The summed E-state index contributed by atoms with van der Waals surface area (Å²) in [6.07, 6.45) is 1.82. The highest BCUT2D eigenvalue weighted by Crippen LogP contribution is 2.32. The van der Waals surface area contributed by atoms with E-state index in [0.29, 0.717) is 24.1 Å². The van der Waals surface area contributed by atoms with Crippen LogP contribution in [0.25, 0.3) is 11.3 Å². The standard InChI is InChI=1S/C16H15BrN4O2S/c1-24-16-19-14(12(9-18)15(22)20-16)11-3-2-10(8-13(11)17)21-4-6-23-7-5-21/h2-3,8H,4-7H2,1H3,(H,19,20,22). The third kappa shape index (κ3) is 3.34.